The molecule has 0 saturated carbocycles. The third-order valence-electron chi connectivity index (χ3n) is 0.516. The Balaban J connectivity index is 2.63. The minimum Gasteiger partial charge on any atom is -0.840 e. The van der Waals surface area contributed by atoms with E-state index in [1.807, 2.05) is 6.92 Å². The highest BCUT2D eigenvalue weighted by atomic mass is 35.5. The molecule has 0 saturated heterocycles. The van der Waals surface area contributed by atoms with Gasteiger partial charge in [0.25, 0.3) is 0 Å². The van der Waals surface area contributed by atoms with E-state index in [9.17, 15) is 5.11 Å². The lowest BCUT2D eigenvalue weighted by Gasteiger charge is -2.09. The second-order valence-corrected chi connectivity index (χ2v) is 1.69. The first-order valence-electron chi connectivity index (χ1n) is 2.07. The minimum atomic E-state index is -0.880. The molecule has 0 aromatic carbocycles. The van der Waals surface area contributed by atoms with Gasteiger partial charge >= 0.3 is 0 Å². The molecule has 0 aliphatic rings. The number of alkyl halides is 1. The van der Waals surface area contributed by atoms with Crippen molar-refractivity contribution in [1.29, 1.82) is 0 Å². The number of hydrogen-bond donors (Lipinski definition) is 0. The van der Waals surface area contributed by atoms with Crippen molar-refractivity contribution < 1.29 is 5.11 Å². The molecule has 0 aromatic heterocycles. The molecular formula is C4H8ClO-. The Morgan fingerprint density at radius 1 is 1.83 bits per heavy atom. The maximum Gasteiger partial charge on any atom is -0.0467 e. The van der Waals surface area contributed by atoms with Gasteiger partial charge in [0.2, 0.25) is 0 Å². The van der Waals surface area contributed by atoms with Crippen LogP contribution in [-0.2, 0) is 0 Å². The van der Waals surface area contributed by atoms with Gasteiger partial charge in [-0.15, -0.1) is 11.6 Å². The monoisotopic (exact) mass is 107 g/mol. The summed E-state index contributed by atoms with van der Waals surface area (Å²) >= 11 is 5.02. The van der Waals surface area contributed by atoms with Gasteiger partial charge in [-0.05, 0) is 5.56 Å². The zero-order valence-corrected chi connectivity index (χ0v) is 4.53. The van der Waals surface area contributed by atoms with Gasteiger partial charge in [0, 0.05) is 0 Å². The summed E-state index contributed by atoms with van der Waals surface area (Å²) in [6.45, 7) is 1.94. The lowest BCUT2D eigenvalue weighted by atomic mass is 10.4. The minimum absolute atomic E-state index is 0.585. The van der Waals surface area contributed by atoms with Crippen molar-refractivity contribution in [2.24, 2.45) is 0 Å². The lowest BCUT2D eigenvalue weighted by molar-refractivity contribution is -0.390. The lowest BCUT2D eigenvalue weighted by Crippen LogP contribution is -2.16. The Morgan fingerprint density at radius 2 is 2.33 bits per heavy atom. The molecule has 0 fully saturated rings. The fraction of sp³-hybridized carbons (Fsp3) is 1.00. The summed E-state index contributed by atoms with van der Waals surface area (Å²) < 4.78 is 0. The van der Waals surface area contributed by atoms with Crippen LogP contribution in [0.2, 0.25) is 0 Å². The number of hydrogen-bond acceptors (Lipinski definition) is 1. The molecule has 2 heteroatoms. The molecule has 0 amide bonds. The fourth-order valence-electron chi connectivity index (χ4n) is 0.227. The Hall–Kier alpha value is 0.250. The second-order valence-electron chi connectivity index (χ2n) is 1.20. The van der Waals surface area contributed by atoms with Crippen molar-refractivity contribution in [3.63, 3.8) is 0 Å². The van der Waals surface area contributed by atoms with E-state index in [2.05, 4.69) is 0 Å². The van der Waals surface area contributed by atoms with Gasteiger partial charge in [-0.3, -0.25) is 0 Å². The molecule has 1 nitrogen and oxygen atoms in total. The van der Waals surface area contributed by atoms with Crippen molar-refractivity contribution in [1.82, 2.24) is 0 Å². The smallest absolute Gasteiger partial charge is 0.0467 e. The maximum atomic E-state index is 9.89. The maximum absolute atomic E-state index is 9.89. The molecule has 0 bridgehead atoms. The average Bonchev–Trinajstić information content (AvgIpc) is 1.35. The van der Waals surface area contributed by atoms with Crippen molar-refractivity contribution in [2.45, 2.75) is 25.3 Å². The summed E-state index contributed by atoms with van der Waals surface area (Å²) in [6.07, 6.45) is 1.47. The molecule has 1 atom stereocenters. The van der Waals surface area contributed by atoms with E-state index in [1.54, 1.807) is 0 Å². The summed E-state index contributed by atoms with van der Waals surface area (Å²) in [5.74, 6) is 0. The van der Waals surface area contributed by atoms with Crippen LogP contribution in [0.4, 0.5) is 0 Å². The van der Waals surface area contributed by atoms with Crippen LogP contribution in [0.3, 0.4) is 0 Å². The molecule has 0 heterocycles. The molecule has 1 unspecified atom stereocenters. The van der Waals surface area contributed by atoms with E-state index in [-0.39, 0.29) is 0 Å². The first-order chi connectivity index (χ1) is 2.77. The summed E-state index contributed by atoms with van der Waals surface area (Å²) in [6, 6.07) is 0. The molecule has 0 rings (SSSR count). The molecule has 0 radical (unpaired) electrons. The van der Waals surface area contributed by atoms with Gasteiger partial charge in [0.1, 0.15) is 0 Å². The van der Waals surface area contributed by atoms with Crippen LogP contribution in [0.5, 0.6) is 0 Å². The summed E-state index contributed by atoms with van der Waals surface area (Å²) in [5, 5.41) is 9.89. The highest BCUT2D eigenvalue weighted by Crippen LogP contribution is 1.94. The van der Waals surface area contributed by atoms with Crippen LogP contribution in [0.15, 0.2) is 0 Å². The largest absolute Gasteiger partial charge is 0.840 e. The predicted octanol–water partition coefficient (Wildman–Crippen LogP) is 0.712. The van der Waals surface area contributed by atoms with Crippen LogP contribution in [-0.4, -0.2) is 5.56 Å². The van der Waals surface area contributed by atoms with Gasteiger partial charge in [0.05, 0.1) is 0 Å². The van der Waals surface area contributed by atoms with Crippen molar-refractivity contribution in [3.8, 4) is 0 Å². The zero-order chi connectivity index (χ0) is 4.99. The quantitative estimate of drug-likeness (QED) is 0.477. The first-order valence-corrected chi connectivity index (χ1v) is 2.51. The summed E-state index contributed by atoms with van der Waals surface area (Å²) in [5.41, 5.74) is -0.880. The van der Waals surface area contributed by atoms with E-state index in [0.717, 1.165) is 6.42 Å². The zero-order valence-electron chi connectivity index (χ0n) is 3.78. The van der Waals surface area contributed by atoms with E-state index < -0.39 is 5.56 Å². The second kappa shape index (κ2) is 3.44. The van der Waals surface area contributed by atoms with Gasteiger partial charge in [0.15, 0.2) is 0 Å². The molecule has 6 heavy (non-hydrogen) atoms. The topological polar surface area (TPSA) is 23.1 Å². The molecule has 0 aliphatic heterocycles. The highest BCUT2D eigenvalue weighted by molar-refractivity contribution is 6.19. The normalized spacial score (nSPS) is 14.5. The Labute approximate surface area is 42.9 Å². The Bertz CT molecular complexity index is 28.7. The van der Waals surface area contributed by atoms with Crippen LogP contribution in [0.25, 0.3) is 0 Å². The molecule has 0 spiro atoms. The van der Waals surface area contributed by atoms with Crippen LogP contribution >= 0.6 is 11.6 Å². The van der Waals surface area contributed by atoms with Crippen LogP contribution < -0.4 is 5.11 Å². The predicted molar refractivity (Wildman–Crippen MR) is 24.5 cm³/mol. The van der Waals surface area contributed by atoms with Crippen molar-refractivity contribution >= 4 is 11.6 Å². The van der Waals surface area contributed by atoms with E-state index >= 15 is 0 Å². The molecular weight excluding hydrogens is 99.5 g/mol. The SMILES string of the molecule is CCCC([O-])Cl. The van der Waals surface area contributed by atoms with E-state index in [4.69, 9.17) is 11.6 Å². The van der Waals surface area contributed by atoms with Crippen LogP contribution in [0, 0.1) is 0 Å². The van der Waals surface area contributed by atoms with Gasteiger partial charge in [-0.25, -0.2) is 0 Å². The van der Waals surface area contributed by atoms with E-state index in [1.165, 1.54) is 0 Å². The number of rotatable bonds is 2. The fourth-order valence-corrected chi connectivity index (χ4v) is 0.445. The number of halogens is 1. The van der Waals surface area contributed by atoms with Crippen molar-refractivity contribution in [2.75, 3.05) is 0 Å². The summed E-state index contributed by atoms with van der Waals surface area (Å²) in [4.78, 5) is 0. The summed E-state index contributed by atoms with van der Waals surface area (Å²) in [7, 11) is 0. The van der Waals surface area contributed by atoms with Gasteiger partial charge < -0.3 is 5.11 Å². The van der Waals surface area contributed by atoms with Crippen molar-refractivity contribution in [3.05, 3.63) is 0 Å². The molecule has 0 N–H and O–H groups in total. The average molecular weight is 108 g/mol. The molecule has 0 aromatic rings. The standard InChI is InChI=1S/C4H8ClO/c1-2-3-4(5)6/h4H,2-3H2,1H3/q-1. The molecule has 38 valence electrons. The Kier molecular flexibility index (Phi) is 3.58. The van der Waals surface area contributed by atoms with Gasteiger partial charge in [-0.1, -0.05) is 19.8 Å². The third kappa shape index (κ3) is 4.25. The third-order valence-corrected chi connectivity index (χ3v) is 0.734. The molecule has 0 aliphatic carbocycles. The highest BCUT2D eigenvalue weighted by Gasteiger charge is 1.79. The first kappa shape index (κ1) is 6.25. The van der Waals surface area contributed by atoms with Crippen LogP contribution in [0.1, 0.15) is 19.8 Å². The Morgan fingerprint density at radius 3 is 2.33 bits per heavy atom. The van der Waals surface area contributed by atoms with E-state index in [0.29, 0.717) is 6.42 Å². The van der Waals surface area contributed by atoms with Gasteiger partial charge in [-0.2, -0.15) is 0 Å².